The van der Waals surface area contributed by atoms with Gasteiger partial charge in [0, 0.05) is 18.0 Å². The molecule has 0 aliphatic heterocycles. The first kappa shape index (κ1) is 12.4. The van der Waals surface area contributed by atoms with Crippen molar-refractivity contribution < 1.29 is 0 Å². The molecule has 0 saturated heterocycles. The molecule has 106 valence electrons. The Kier molecular flexibility index (Phi) is 3.10. The van der Waals surface area contributed by atoms with Crippen molar-refractivity contribution in [3.8, 4) is 11.4 Å². The van der Waals surface area contributed by atoms with E-state index in [0.29, 0.717) is 6.04 Å². The van der Waals surface area contributed by atoms with Gasteiger partial charge in [0.2, 0.25) is 0 Å². The summed E-state index contributed by atoms with van der Waals surface area (Å²) >= 11 is 0. The molecule has 0 atom stereocenters. The van der Waals surface area contributed by atoms with E-state index in [-0.39, 0.29) is 0 Å². The average Bonchev–Trinajstić information content (AvgIpc) is 3.04. The largest absolute Gasteiger partial charge is 0.253 e. The van der Waals surface area contributed by atoms with Gasteiger partial charge in [-0.1, -0.05) is 25.3 Å². The van der Waals surface area contributed by atoms with E-state index in [4.69, 9.17) is 0 Å². The van der Waals surface area contributed by atoms with Crippen molar-refractivity contribution in [3.05, 3.63) is 36.9 Å². The molecule has 0 unspecified atom stereocenters. The molecule has 1 aromatic carbocycles. The van der Waals surface area contributed by atoms with Crippen molar-refractivity contribution >= 4 is 11.0 Å². The SMILES string of the molecule is c1cc(-c2ncnn2C2CCCCC2)c2nccnc2c1. The summed E-state index contributed by atoms with van der Waals surface area (Å²) in [7, 11) is 0. The molecule has 0 amide bonds. The van der Waals surface area contributed by atoms with Crippen LogP contribution in [0.2, 0.25) is 0 Å². The maximum absolute atomic E-state index is 4.50. The third kappa shape index (κ3) is 2.18. The van der Waals surface area contributed by atoms with Gasteiger partial charge in [0.1, 0.15) is 6.33 Å². The van der Waals surface area contributed by atoms with Crippen LogP contribution in [0.15, 0.2) is 36.9 Å². The van der Waals surface area contributed by atoms with Crippen LogP contribution in [0.1, 0.15) is 38.1 Å². The predicted octanol–water partition coefficient (Wildman–Crippen LogP) is 3.39. The molecule has 0 N–H and O–H groups in total. The molecule has 4 rings (SSSR count). The lowest BCUT2D eigenvalue weighted by molar-refractivity contribution is 0.332. The van der Waals surface area contributed by atoms with Crippen molar-refractivity contribution in [2.75, 3.05) is 0 Å². The molecule has 5 nitrogen and oxygen atoms in total. The molecule has 2 aromatic heterocycles. The molecule has 1 fully saturated rings. The van der Waals surface area contributed by atoms with Gasteiger partial charge < -0.3 is 0 Å². The number of hydrogen-bond donors (Lipinski definition) is 0. The second-order valence-corrected chi connectivity index (χ2v) is 5.55. The standard InChI is InChI=1S/C16H17N5/c1-2-5-12(6-3-1)21-16(19-11-20-21)13-7-4-8-14-15(13)18-10-9-17-14/h4,7-12H,1-3,5-6H2. The second-order valence-electron chi connectivity index (χ2n) is 5.55. The third-order valence-corrected chi connectivity index (χ3v) is 4.23. The molecule has 0 bridgehead atoms. The number of para-hydroxylation sites is 1. The minimum absolute atomic E-state index is 0.461. The lowest BCUT2D eigenvalue weighted by atomic mass is 9.95. The predicted molar refractivity (Wildman–Crippen MR) is 80.7 cm³/mol. The lowest BCUT2D eigenvalue weighted by Crippen LogP contribution is -2.15. The van der Waals surface area contributed by atoms with Crippen molar-refractivity contribution in [1.82, 2.24) is 24.7 Å². The lowest BCUT2D eigenvalue weighted by Gasteiger charge is -2.23. The van der Waals surface area contributed by atoms with Gasteiger partial charge in [0.05, 0.1) is 17.1 Å². The van der Waals surface area contributed by atoms with Gasteiger partial charge in [-0.15, -0.1) is 0 Å². The van der Waals surface area contributed by atoms with Gasteiger partial charge in [0.15, 0.2) is 5.82 Å². The fraction of sp³-hybridized carbons (Fsp3) is 0.375. The Balaban J connectivity index is 1.84. The van der Waals surface area contributed by atoms with E-state index in [9.17, 15) is 0 Å². The van der Waals surface area contributed by atoms with Crippen LogP contribution in [-0.2, 0) is 0 Å². The van der Waals surface area contributed by atoms with E-state index in [1.165, 1.54) is 32.1 Å². The Bertz CT molecular complexity index is 753. The fourth-order valence-electron chi connectivity index (χ4n) is 3.21. The molecule has 1 aliphatic carbocycles. The smallest absolute Gasteiger partial charge is 0.160 e. The zero-order valence-corrected chi connectivity index (χ0v) is 11.8. The zero-order valence-electron chi connectivity index (χ0n) is 11.8. The monoisotopic (exact) mass is 279 g/mol. The highest BCUT2D eigenvalue weighted by molar-refractivity contribution is 5.89. The van der Waals surface area contributed by atoms with E-state index in [0.717, 1.165) is 22.4 Å². The molecule has 5 heteroatoms. The molecule has 2 heterocycles. The molecule has 0 radical (unpaired) electrons. The van der Waals surface area contributed by atoms with Gasteiger partial charge in [0.25, 0.3) is 0 Å². The average molecular weight is 279 g/mol. The molecule has 1 saturated carbocycles. The zero-order chi connectivity index (χ0) is 14.1. The van der Waals surface area contributed by atoms with E-state index in [1.54, 1.807) is 18.7 Å². The maximum Gasteiger partial charge on any atom is 0.160 e. The van der Waals surface area contributed by atoms with Crippen molar-refractivity contribution in [2.45, 2.75) is 38.1 Å². The summed E-state index contributed by atoms with van der Waals surface area (Å²) in [6.45, 7) is 0. The Hall–Kier alpha value is -2.30. The van der Waals surface area contributed by atoms with Crippen LogP contribution < -0.4 is 0 Å². The van der Waals surface area contributed by atoms with Gasteiger partial charge in [-0.3, -0.25) is 9.97 Å². The topological polar surface area (TPSA) is 56.5 Å². The number of hydrogen-bond acceptors (Lipinski definition) is 4. The van der Waals surface area contributed by atoms with Crippen molar-refractivity contribution in [1.29, 1.82) is 0 Å². The molecule has 0 spiro atoms. The van der Waals surface area contributed by atoms with Gasteiger partial charge in [-0.05, 0) is 25.0 Å². The molecular formula is C16H17N5. The normalized spacial score (nSPS) is 16.4. The van der Waals surface area contributed by atoms with Crippen LogP contribution >= 0.6 is 0 Å². The molecule has 3 aromatic rings. The van der Waals surface area contributed by atoms with Crippen molar-refractivity contribution in [3.63, 3.8) is 0 Å². The van der Waals surface area contributed by atoms with Crippen LogP contribution in [-0.4, -0.2) is 24.7 Å². The van der Waals surface area contributed by atoms with Gasteiger partial charge >= 0.3 is 0 Å². The minimum atomic E-state index is 0.461. The minimum Gasteiger partial charge on any atom is -0.253 e. The Morgan fingerprint density at radius 3 is 2.71 bits per heavy atom. The Labute approximate surface area is 123 Å². The van der Waals surface area contributed by atoms with E-state index in [2.05, 4.69) is 30.8 Å². The number of nitrogens with zero attached hydrogens (tertiary/aromatic N) is 5. The van der Waals surface area contributed by atoms with E-state index >= 15 is 0 Å². The summed E-state index contributed by atoms with van der Waals surface area (Å²) in [6, 6.07) is 6.50. The second kappa shape index (κ2) is 5.24. The first-order valence-electron chi connectivity index (χ1n) is 7.53. The van der Waals surface area contributed by atoms with Gasteiger partial charge in [-0.25, -0.2) is 9.67 Å². The highest BCUT2D eigenvalue weighted by Crippen LogP contribution is 2.32. The van der Waals surface area contributed by atoms with Crippen LogP contribution in [0.5, 0.6) is 0 Å². The fourth-order valence-corrected chi connectivity index (χ4v) is 3.21. The summed E-state index contributed by atoms with van der Waals surface area (Å²) in [5.41, 5.74) is 2.81. The number of rotatable bonds is 2. The summed E-state index contributed by atoms with van der Waals surface area (Å²) < 4.78 is 2.09. The Morgan fingerprint density at radius 1 is 0.952 bits per heavy atom. The first-order chi connectivity index (χ1) is 10.4. The summed E-state index contributed by atoms with van der Waals surface area (Å²) in [5, 5.41) is 4.48. The van der Waals surface area contributed by atoms with Gasteiger partial charge in [-0.2, -0.15) is 5.10 Å². The van der Waals surface area contributed by atoms with Crippen molar-refractivity contribution in [2.24, 2.45) is 0 Å². The third-order valence-electron chi connectivity index (χ3n) is 4.23. The first-order valence-corrected chi connectivity index (χ1v) is 7.53. The van der Waals surface area contributed by atoms with E-state index < -0.39 is 0 Å². The molecule has 21 heavy (non-hydrogen) atoms. The number of benzene rings is 1. The summed E-state index contributed by atoms with van der Waals surface area (Å²) in [4.78, 5) is 13.3. The highest BCUT2D eigenvalue weighted by Gasteiger charge is 2.21. The van der Waals surface area contributed by atoms with Crippen LogP contribution in [0, 0.1) is 0 Å². The maximum atomic E-state index is 4.50. The highest BCUT2D eigenvalue weighted by atomic mass is 15.3. The summed E-state index contributed by atoms with van der Waals surface area (Å²) in [6.07, 6.45) is 11.4. The van der Waals surface area contributed by atoms with Crippen LogP contribution in [0.25, 0.3) is 22.4 Å². The number of fused-ring (bicyclic) bond motifs is 1. The van der Waals surface area contributed by atoms with E-state index in [1.807, 2.05) is 12.1 Å². The molecular weight excluding hydrogens is 262 g/mol. The van der Waals surface area contributed by atoms with Crippen LogP contribution in [0.4, 0.5) is 0 Å². The quantitative estimate of drug-likeness (QED) is 0.721. The van der Waals surface area contributed by atoms with Crippen LogP contribution in [0.3, 0.4) is 0 Å². The summed E-state index contributed by atoms with van der Waals surface area (Å²) in [5.74, 6) is 0.910. The Morgan fingerprint density at radius 2 is 1.81 bits per heavy atom. The number of aromatic nitrogens is 5. The molecule has 1 aliphatic rings.